The van der Waals surface area contributed by atoms with Crippen LogP contribution in [0, 0.1) is 0 Å². The number of anilines is 2. The van der Waals surface area contributed by atoms with Gasteiger partial charge >= 0.3 is 12.2 Å². The summed E-state index contributed by atoms with van der Waals surface area (Å²) in [5.74, 6) is -4.63. The minimum absolute atomic E-state index is 0.0433. The number of amides is 6. The van der Waals surface area contributed by atoms with E-state index in [9.17, 15) is 39.0 Å². The van der Waals surface area contributed by atoms with Crippen molar-refractivity contribution in [1.82, 2.24) is 20.4 Å². The van der Waals surface area contributed by atoms with Crippen molar-refractivity contribution in [3.8, 4) is 11.1 Å². The molecule has 5 aliphatic rings. The Labute approximate surface area is 411 Å². The molecule has 71 heavy (non-hydrogen) atoms. The number of carbonyl (C=O) groups excluding carboxylic acids is 4. The Morgan fingerprint density at radius 3 is 1.31 bits per heavy atom. The van der Waals surface area contributed by atoms with Gasteiger partial charge in [0, 0.05) is 29.6 Å². The summed E-state index contributed by atoms with van der Waals surface area (Å²) in [4.78, 5) is 84.6. The summed E-state index contributed by atoms with van der Waals surface area (Å²) < 4.78 is 24.0. The lowest BCUT2D eigenvalue weighted by Gasteiger charge is -2.33. The fourth-order valence-corrected chi connectivity index (χ4v) is 11.2. The topological polar surface area (TPSA) is 234 Å². The van der Waals surface area contributed by atoms with Crippen LogP contribution >= 0.6 is 0 Å². The zero-order valence-corrected chi connectivity index (χ0v) is 39.8. The minimum Gasteiger partial charge on any atom is -0.465 e. The van der Waals surface area contributed by atoms with E-state index >= 15 is 0 Å². The highest BCUT2D eigenvalue weighted by Crippen LogP contribution is 2.55. The number of ether oxygens (including phenoxy) is 4. The van der Waals surface area contributed by atoms with Crippen molar-refractivity contribution in [3.63, 3.8) is 0 Å². The molecule has 2 unspecified atom stereocenters. The van der Waals surface area contributed by atoms with Crippen molar-refractivity contribution in [2.75, 3.05) is 50.2 Å². The molecule has 4 aromatic carbocycles. The number of benzene rings is 4. The van der Waals surface area contributed by atoms with Crippen LogP contribution in [-0.2, 0) is 43.5 Å². The number of unbranched alkanes of at least 4 members (excludes halogenated alkanes) is 2. The number of nitrogens with zero attached hydrogens (tertiary/aromatic N) is 2. The zero-order chi connectivity index (χ0) is 49.9. The van der Waals surface area contributed by atoms with Gasteiger partial charge in [-0.1, -0.05) is 112 Å². The first-order valence-corrected chi connectivity index (χ1v) is 24.4. The van der Waals surface area contributed by atoms with E-state index in [0.717, 1.165) is 60.8 Å². The van der Waals surface area contributed by atoms with E-state index in [2.05, 4.69) is 35.1 Å². The molecule has 9 rings (SSSR count). The van der Waals surface area contributed by atoms with Crippen LogP contribution in [-0.4, -0.2) is 119 Å². The lowest BCUT2D eigenvalue weighted by molar-refractivity contribution is -0.153. The molecule has 4 atom stereocenters. The average molecular weight is 973 g/mol. The normalized spacial score (nSPS) is 20.8. The number of fused-ring (bicyclic) bond motifs is 3. The lowest BCUT2D eigenvalue weighted by Crippen LogP contribution is -2.49. The van der Waals surface area contributed by atoms with Crippen LogP contribution in [0.1, 0.15) is 99.6 Å². The van der Waals surface area contributed by atoms with Gasteiger partial charge < -0.3 is 60.2 Å². The maximum absolute atomic E-state index is 14.6. The molecule has 1 aliphatic carbocycles. The number of hydrogen-bond acceptors (Lipinski definition) is 10. The van der Waals surface area contributed by atoms with Crippen molar-refractivity contribution in [1.29, 1.82) is 0 Å². The van der Waals surface area contributed by atoms with Crippen molar-refractivity contribution in [3.05, 3.63) is 119 Å². The maximum Gasteiger partial charge on any atom is 0.405 e. The molecule has 18 heteroatoms. The quantitative estimate of drug-likeness (QED) is 0.0672. The molecule has 6 N–H and O–H groups in total. The standard InChI is InChI=1S/C53H60N6O12/c1-3-5-21-51(22-6-4-2)39-27-35(54-45(60)41-29-52(68-23-24-69-52)31-58(41)47(62)43(56-49(64)65)33-13-9-7-10-14-33)17-19-37(39)38-20-18-36(28-40(38)51)55-46(61)42-30-53(70-25-26-71-53)32-59(42)48(63)44(57-50(66)67)34-15-11-8-12-16-34/h7-20,27-28,41-44,56-57H,3-6,21-26,29-32H2,1-2H3,(H,54,60)(H,55,61)(H,64,65)(H,66,67)/t41-,42-,43?,44?/m0/s1. The predicted octanol–water partition coefficient (Wildman–Crippen LogP) is 6.92. The van der Waals surface area contributed by atoms with Gasteiger partial charge in [0.05, 0.1) is 39.5 Å². The Balaban J connectivity index is 1.01. The van der Waals surface area contributed by atoms with Gasteiger partial charge in [0.25, 0.3) is 11.8 Å². The molecule has 18 nitrogen and oxygen atoms in total. The fraction of sp³-hybridized carbons (Fsp3) is 0.434. The Morgan fingerprint density at radius 2 is 0.958 bits per heavy atom. The van der Waals surface area contributed by atoms with Crippen molar-refractivity contribution in [2.24, 2.45) is 0 Å². The number of likely N-dealkylation sites (tertiary alicyclic amines) is 2. The van der Waals surface area contributed by atoms with Gasteiger partial charge in [-0.05, 0) is 70.5 Å². The molecule has 0 aromatic heterocycles. The molecule has 4 heterocycles. The van der Waals surface area contributed by atoms with Gasteiger partial charge in [0.15, 0.2) is 11.6 Å². The summed E-state index contributed by atoms with van der Waals surface area (Å²) in [6, 6.07) is 23.9. The van der Waals surface area contributed by atoms with E-state index in [1.165, 1.54) is 9.80 Å². The summed E-state index contributed by atoms with van der Waals surface area (Å²) in [6.07, 6.45) is 2.47. The van der Waals surface area contributed by atoms with Gasteiger partial charge in [-0.25, -0.2) is 9.59 Å². The minimum atomic E-state index is -1.39. The summed E-state index contributed by atoms with van der Waals surface area (Å²) in [5, 5.41) is 30.4. The van der Waals surface area contributed by atoms with Crippen molar-refractivity contribution < 1.29 is 57.9 Å². The third-order valence-corrected chi connectivity index (χ3v) is 14.5. The molecule has 0 saturated carbocycles. The number of carbonyl (C=O) groups is 6. The molecule has 2 spiro atoms. The second-order valence-corrected chi connectivity index (χ2v) is 19.0. The molecule has 6 amide bonds. The molecule has 0 bridgehead atoms. The Morgan fingerprint density at radius 1 is 0.577 bits per heavy atom. The first-order valence-electron chi connectivity index (χ1n) is 24.4. The van der Waals surface area contributed by atoms with E-state index < -0.39 is 77.0 Å². The SMILES string of the molecule is CCCCC1(CCCC)c2cc(NC(=O)[C@@H]3CC4(CN3C(=O)C(NC(=O)O)c3ccccc3)OCCO4)ccc2-c2ccc(NC(=O)[C@@H]3CC4(CN3C(=O)C(NC(=O)O)c3ccccc3)OCCO4)cc21. The number of carboxylic acid groups (broad SMARTS) is 2. The highest BCUT2D eigenvalue weighted by molar-refractivity contribution is 6.01. The van der Waals surface area contributed by atoms with Crippen molar-refractivity contribution in [2.45, 2.75) is 106 Å². The second-order valence-electron chi connectivity index (χ2n) is 19.0. The van der Waals surface area contributed by atoms with Crippen LogP contribution in [0.25, 0.3) is 11.1 Å². The van der Waals surface area contributed by atoms with Crippen LogP contribution in [0.2, 0.25) is 0 Å². The molecule has 4 aromatic rings. The van der Waals surface area contributed by atoms with E-state index in [-0.39, 0.29) is 52.4 Å². The zero-order valence-electron chi connectivity index (χ0n) is 39.8. The number of nitrogens with one attached hydrogen (secondary N) is 4. The van der Waals surface area contributed by atoms with E-state index in [1.807, 2.05) is 36.4 Å². The highest BCUT2D eigenvalue weighted by atomic mass is 16.7. The Kier molecular flexibility index (Phi) is 14.2. The van der Waals surface area contributed by atoms with Gasteiger partial charge in [-0.15, -0.1) is 0 Å². The fourth-order valence-electron chi connectivity index (χ4n) is 11.2. The Bertz CT molecular complexity index is 2470. The number of hydrogen-bond donors (Lipinski definition) is 6. The molecule has 4 aliphatic heterocycles. The molecule has 374 valence electrons. The van der Waals surface area contributed by atoms with Crippen LogP contribution in [0.4, 0.5) is 21.0 Å². The van der Waals surface area contributed by atoms with Crippen LogP contribution in [0.5, 0.6) is 0 Å². The van der Waals surface area contributed by atoms with Gasteiger partial charge in [-0.2, -0.15) is 0 Å². The smallest absolute Gasteiger partial charge is 0.405 e. The largest absolute Gasteiger partial charge is 0.465 e. The van der Waals surface area contributed by atoms with Crippen LogP contribution in [0.3, 0.4) is 0 Å². The average Bonchev–Trinajstić information content (AvgIpc) is 4.23. The third kappa shape index (κ3) is 9.81. The predicted molar refractivity (Wildman–Crippen MR) is 259 cm³/mol. The summed E-state index contributed by atoms with van der Waals surface area (Å²) in [5.41, 5.74) is 5.36. The summed E-state index contributed by atoms with van der Waals surface area (Å²) in [7, 11) is 0. The summed E-state index contributed by atoms with van der Waals surface area (Å²) in [6.45, 7) is 5.26. The van der Waals surface area contributed by atoms with Crippen LogP contribution in [0.15, 0.2) is 97.1 Å². The van der Waals surface area contributed by atoms with Crippen molar-refractivity contribution >= 4 is 47.2 Å². The van der Waals surface area contributed by atoms with E-state index in [4.69, 9.17) is 18.9 Å². The third-order valence-electron chi connectivity index (χ3n) is 14.5. The molecular weight excluding hydrogens is 913 g/mol. The second kappa shape index (κ2) is 20.5. The molecular formula is C53H60N6O12. The van der Waals surface area contributed by atoms with Crippen LogP contribution < -0.4 is 21.3 Å². The first kappa shape index (κ1) is 49.1. The van der Waals surface area contributed by atoms with Gasteiger partial charge in [0.2, 0.25) is 11.8 Å². The van der Waals surface area contributed by atoms with E-state index in [0.29, 0.717) is 22.5 Å². The number of rotatable bonds is 16. The molecule has 4 fully saturated rings. The maximum atomic E-state index is 14.6. The molecule has 0 radical (unpaired) electrons. The monoisotopic (exact) mass is 972 g/mol. The van der Waals surface area contributed by atoms with Gasteiger partial charge in [-0.3, -0.25) is 19.2 Å². The lowest BCUT2D eigenvalue weighted by atomic mass is 9.70. The molecule has 4 saturated heterocycles. The van der Waals surface area contributed by atoms with E-state index in [1.54, 1.807) is 60.7 Å². The van der Waals surface area contributed by atoms with Gasteiger partial charge in [0.1, 0.15) is 24.2 Å². The first-order chi connectivity index (χ1) is 34.3. The Hall–Kier alpha value is -6.86. The highest BCUT2D eigenvalue weighted by Gasteiger charge is 2.55. The summed E-state index contributed by atoms with van der Waals surface area (Å²) >= 11 is 0.